The fourth-order valence-electron chi connectivity index (χ4n) is 3.91. The van der Waals surface area contributed by atoms with Crippen LogP contribution >= 0.6 is 0 Å². The van der Waals surface area contributed by atoms with E-state index in [9.17, 15) is 0 Å². The van der Waals surface area contributed by atoms with E-state index < -0.39 is 0 Å². The molecule has 0 aliphatic carbocycles. The second kappa shape index (κ2) is 15.1. The summed E-state index contributed by atoms with van der Waals surface area (Å²) in [5, 5.41) is 0. The number of benzene rings is 1. The number of aryl methyl sites for hydroxylation is 2. The molecule has 0 saturated heterocycles. The summed E-state index contributed by atoms with van der Waals surface area (Å²) in [6, 6.07) is 4.98. The van der Waals surface area contributed by atoms with Crippen molar-refractivity contribution in [3.05, 3.63) is 41.0 Å². The van der Waals surface area contributed by atoms with Gasteiger partial charge in [0.05, 0.1) is 0 Å². The van der Waals surface area contributed by atoms with E-state index in [0.29, 0.717) is 0 Å². The van der Waals surface area contributed by atoms with Crippen LogP contribution in [0, 0.1) is 0 Å². The maximum Gasteiger partial charge on any atom is -0.0225 e. The summed E-state index contributed by atoms with van der Waals surface area (Å²) < 4.78 is 0. The topological polar surface area (TPSA) is 0 Å². The number of unbranched alkanes of at least 4 members (excludes halogenated alkanes) is 9. The van der Waals surface area contributed by atoms with Gasteiger partial charge in [-0.25, -0.2) is 0 Å². The molecule has 0 aromatic heterocycles. The maximum atomic E-state index is 4.14. The highest BCUT2D eigenvalue weighted by Gasteiger charge is 2.10. The molecule has 0 nitrogen and oxygen atoms in total. The summed E-state index contributed by atoms with van der Waals surface area (Å²) in [5.74, 6) is 0. The summed E-state index contributed by atoms with van der Waals surface area (Å²) in [6.07, 6.45) is 22.0. The van der Waals surface area contributed by atoms with Crippen LogP contribution in [0.5, 0.6) is 0 Å². The van der Waals surface area contributed by atoms with Crippen LogP contribution in [0.2, 0.25) is 0 Å². The van der Waals surface area contributed by atoms with Crippen LogP contribution in [-0.4, -0.2) is 0 Å². The van der Waals surface area contributed by atoms with Gasteiger partial charge in [0.1, 0.15) is 0 Å². The third-order valence-electron chi connectivity index (χ3n) is 5.56. The molecule has 1 rings (SSSR count). The molecule has 0 aliphatic heterocycles. The van der Waals surface area contributed by atoms with Gasteiger partial charge in [0.15, 0.2) is 0 Å². The fourth-order valence-corrected chi connectivity index (χ4v) is 3.91. The Kier molecular flexibility index (Phi) is 13.3. The monoisotopic (exact) mass is 356 g/mol. The molecule has 0 fully saturated rings. The lowest BCUT2D eigenvalue weighted by molar-refractivity contribution is 0.647. The summed E-state index contributed by atoms with van der Waals surface area (Å²) in [7, 11) is 0. The average molecular weight is 357 g/mol. The van der Waals surface area contributed by atoms with Crippen molar-refractivity contribution < 1.29 is 0 Å². The van der Waals surface area contributed by atoms with Crippen LogP contribution in [0.1, 0.15) is 120 Å². The predicted octanol–water partition coefficient (Wildman–Crippen LogP) is 8.70. The zero-order chi connectivity index (χ0) is 19.0. The molecular weight excluding hydrogens is 312 g/mol. The Morgan fingerprint density at radius 1 is 0.654 bits per heavy atom. The molecule has 0 unspecified atom stereocenters. The average Bonchev–Trinajstić information content (AvgIpc) is 2.66. The molecule has 0 N–H and O–H groups in total. The second-order valence-electron chi connectivity index (χ2n) is 7.96. The van der Waals surface area contributed by atoms with Gasteiger partial charge in [-0.2, -0.15) is 0 Å². The van der Waals surface area contributed by atoms with Crippen LogP contribution in [0.4, 0.5) is 0 Å². The van der Waals surface area contributed by atoms with Gasteiger partial charge in [0.25, 0.3) is 0 Å². The highest BCUT2D eigenvalue weighted by molar-refractivity contribution is 5.56. The number of rotatable bonds is 16. The van der Waals surface area contributed by atoms with Crippen molar-refractivity contribution in [2.45, 2.75) is 117 Å². The van der Waals surface area contributed by atoms with Gasteiger partial charge in [0, 0.05) is 0 Å². The van der Waals surface area contributed by atoms with Crippen molar-refractivity contribution in [2.75, 3.05) is 0 Å². The van der Waals surface area contributed by atoms with Crippen molar-refractivity contribution in [1.82, 2.24) is 0 Å². The molecule has 0 heterocycles. The zero-order valence-electron chi connectivity index (χ0n) is 18.0. The first-order valence-corrected chi connectivity index (χ1v) is 11.5. The van der Waals surface area contributed by atoms with Gasteiger partial charge >= 0.3 is 0 Å². The van der Waals surface area contributed by atoms with Crippen molar-refractivity contribution in [2.24, 2.45) is 0 Å². The van der Waals surface area contributed by atoms with Crippen molar-refractivity contribution in [3.8, 4) is 0 Å². The fraction of sp³-hybridized carbons (Fsp3) is 0.692. The van der Waals surface area contributed by atoms with Crippen LogP contribution in [0.15, 0.2) is 18.7 Å². The molecular formula is C26H44. The van der Waals surface area contributed by atoms with E-state index in [2.05, 4.69) is 45.6 Å². The molecule has 26 heavy (non-hydrogen) atoms. The normalized spacial score (nSPS) is 11.0. The Bertz CT molecular complexity index is 483. The Morgan fingerprint density at radius 2 is 1.19 bits per heavy atom. The van der Waals surface area contributed by atoms with Crippen LogP contribution in [-0.2, 0) is 19.3 Å². The molecule has 0 saturated carbocycles. The molecule has 0 heteroatoms. The summed E-state index contributed by atoms with van der Waals surface area (Å²) in [4.78, 5) is 0. The molecule has 0 amide bonds. The predicted molar refractivity (Wildman–Crippen MR) is 120 cm³/mol. The summed E-state index contributed by atoms with van der Waals surface area (Å²) in [6.45, 7) is 11.0. The smallest absolute Gasteiger partial charge is 0.0225 e. The molecule has 0 radical (unpaired) electrons. The van der Waals surface area contributed by atoms with Crippen LogP contribution in [0.3, 0.4) is 0 Å². The van der Waals surface area contributed by atoms with E-state index in [-0.39, 0.29) is 0 Å². The molecule has 148 valence electrons. The van der Waals surface area contributed by atoms with E-state index in [1.165, 1.54) is 102 Å². The van der Waals surface area contributed by atoms with Gasteiger partial charge in [-0.3, -0.25) is 0 Å². The van der Waals surface area contributed by atoms with E-state index in [1.807, 2.05) is 0 Å². The van der Waals surface area contributed by atoms with Gasteiger partial charge in [-0.05, 0) is 60.8 Å². The Morgan fingerprint density at radius 3 is 1.73 bits per heavy atom. The highest BCUT2D eigenvalue weighted by atomic mass is 14.1. The van der Waals surface area contributed by atoms with Crippen molar-refractivity contribution in [1.29, 1.82) is 0 Å². The maximum absolute atomic E-state index is 4.14. The first kappa shape index (κ1) is 23.0. The lowest BCUT2D eigenvalue weighted by Crippen LogP contribution is -2.02. The molecule has 1 aromatic rings. The minimum Gasteiger partial charge on any atom is -0.0985 e. The van der Waals surface area contributed by atoms with E-state index in [1.54, 1.807) is 16.7 Å². The molecule has 1 aromatic carbocycles. The standard InChI is InChI=1S/C26H44/c1-5-9-12-15-18-23-21-24(8-4)26(20-17-14-11-7-3)25(22-23)19-16-13-10-6-2/h8,21-22H,4-7,9-20H2,1-3H3. The first-order chi connectivity index (χ1) is 12.8. The largest absolute Gasteiger partial charge is 0.0985 e. The Hall–Kier alpha value is -1.04. The summed E-state index contributed by atoms with van der Waals surface area (Å²) >= 11 is 0. The minimum atomic E-state index is 1.24. The van der Waals surface area contributed by atoms with E-state index >= 15 is 0 Å². The molecule has 0 aliphatic rings. The van der Waals surface area contributed by atoms with Gasteiger partial charge in [-0.1, -0.05) is 103 Å². The SMILES string of the molecule is C=Cc1cc(CCCCCC)cc(CCCCCC)c1CCCCCC. The van der Waals surface area contributed by atoms with Crippen molar-refractivity contribution in [3.63, 3.8) is 0 Å². The quantitative estimate of drug-likeness (QED) is 0.260. The molecule has 0 bridgehead atoms. The number of hydrogen-bond donors (Lipinski definition) is 0. The second-order valence-corrected chi connectivity index (χ2v) is 7.96. The third kappa shape index (κ3) is 9.06. The Balaban J connectivity index is 2.85. The number of hydrogen-bond acceptors (Lipinski definition) is 0. The lowest BCUT2D eigenvalue weighted by Gasteiger charge is -2.16. The first-order valence-electron chi connectivity index (χ1n) is 11.5. The Labute approximate surface area is 164 Å². The van der Waals surface area contributed by atoms with E-state index in [4.69, 9.17) is 0 Å². The van der Waals surface area contributed by atoms with Gasteiger partial charge in [-0.15, -0.1) is 0 Å². The highest BCUT2D eigenvalue weighted by Crippen LogP contribution is 2.25. The van der Waals surface area contributed by atoms with Crippen LogP contribution in [0.25, 0.3) is 6.08 Å². The third-order valence-corrected chi connectivity index (χ3v) is 5.56. The minimum absolute atomic E-state index is 1.24. The van der Waals surface area contributed by atoms with E-state index in [0.717, 1.165) is 0 Å². The summed E-state index contributed by atoms with van der Waals surface area (Å²) in [5.41, 5.74) is 6.18. The zero-order valence-corrected chi connectivity index (χ0v) is 18.0. The molecule has 0 atom stereocenters. The van der Waals surface area contributed by atoms with Gasteiger partial charge < -0.3 is 0 Å². The van der Waals surface area contributed by atoms with Crippen molar-refractivity contribution >= 4 is 6.08 Å². The van der Waals surface area contributed by atoms with Crippen LogP contribution < -0.4 is 0 Å². The van der Waals surface area contributed by atoms with Gasteiger partial charge in [0.2, 0.25) is 0 Å². The molecule has 0 spiro atoms. The lowest BCUT2D eigenvalue weighted by atomic mass is 9.89.